The Kier molecular flexibility index (Phi) is 7.01. The average Bonchev–Trinajstić information content (AvgIpc) is 2.75. The number of anilines is 3. The van der Waals surface area contributed by atoms with Gasteiger partial charge in [0.15, 0.2) is 0 Å². The first-order valence-corrected chi connectivity index (χ1v) is 10.4. The summed E-state index contributed by atoms with van der Waals surface area (Å²) in [5.41, 5.74) is 7.30. The third-order valence-corrected chi connectivity index (χ3v) is 5.59. The highest BCUT2D eigenvalue weighted by molar-refractivity contribution is 5.55. The molecule has 3 aromatic rings. The molecule has 0 heterocycles. The van der Waals surface area contributed by atoms with Gasteiger partial charge in [0.25, 0.3) is 0 Å². The van der Waals surface area contributed by atoms with Crippen LogP contribution in [0.4, 0.5) is 17.1 Å². The van der Waals surface area contributed by atoms with Gasteiger partial charge >= 0.3 is 0 Å². The van der Waals surface area contributed by atoms with Crippen molar-refractivity contribution in [3.8, 4) is 0 Å². The molecule has 0 aliphatic carbocycles. The Labute approximate surface area is 181 Å². The highest BCUT2D eigenvalue weighted by atomic mass is 16.3. The Morgan fingerprint density at radius 1 is 0.567 bits per heavy atom. The molecule has 0 amide bonds. The predicted molar refractivity (Wildman–Crippen MR) is 129 cm³/mol. The summed E-state index contributed by atoms with van der Waals surface area (Å²) in [6.07, 6.45) is 0. The lowest BCUT2D eigenvalue weighted by atomic mass is 9.85. The van der Waals surface area contributed by atoms with Crippen molar-refractivity contribution < 1.29 is 5.11 Å². The quantitative estimate of drug-likeness (QED) is 0.564. The molecule has 4 nitrogen and oxygen atoms in total. The maximum atomic E-state index is 9.21. The van der Waals surface area contributed by atoms with Gasteiger partial charge in [-0.3, -0.25) is 0 Å². The minimum Gasteiger partial charge on any atom is -0.395 e. The van der Waals surface area contributed by atoms with Gasteiger partial charge in [-0.15, -0.1) is 0 Å². The summed E-state index contributed by atoms with van der Waals surface area (Å²) in [6.45, 7) is 0.776. The largest absolute Gasteiger partial charge is 0.395 e. The minimum atomic E-state index is 0.150. The van der Waals surface area contributed by atoms with E-state index in [1.807, 2.05) is 7.05 Å². The highest BCUT2D eigenvalue weighted by Gasteiger charge is 2.17. The molecule has 158 valence electrons. The summed E-state index contributed by atoms with van der Waals surface area (Å²) < 4.78 is 0. The van der Waals surface area contributed by atoms with Gasteiger partial charge in [0.2, 0.25) is 0 Å². The molecule has 0 aliphatic rings. The standard InChI is InChI=1S/C26H33N3O/c1-27(2)23-12-6-20(7-13-23)26(21-8-14-24(15-9-21)28(3)4)22-10-16-25(17-11-22)29(5)18-19-30/h6-17,26,30H,18-19H2,1-5H3. The Balaban J connectivity index is 2.00. The van der Waals surface area contributed by atoms with Crippen molar-refractivity contribution in [1.29, 1.82) is 0 Å². The fourth-order valence-corrected chi connectivity index (χ4v) is 3.71. The van der Waals surface area contributed by atoms with Gasteiger partial charge in [-0.05, 0) is 53.1 Å². The van der Waals surface area contributed by atoms with Crippen LogP contribution in [0, 0.1) is 0 Å². The van der Waals surface area contributed by atoms with Crippen molar-refractivity contribution in [2.45, 2.75) is 5.92 Å². The second-order valence-electron chi connectivity index (χ2n) is 8.14. The zero-order chi connectivity index (χ0) is 21.7. The Morgan fingerprint density at radius 2 is 0.900 bits per heavy atom. The van der Waals surface area contributed by atoms with E-state index in [1.54, 1.807) is 0 Å². The normalized spacial score (nSPS) is 10.9. The minimum absolute atomic E-state index is 0.150. The Morgan fingerprint density at radius 3 is 1.20 bits per heavy atom. The molecule has 0 saturated carbocycles. The third kappa shape index (κ3) is 4.95. The first kappa shape index (κ1) is 21.7. The van der Waals surface area contributed by atoms with E-state index in [2.05, 4.69) is 116 Å². The molecule has 0 radical (unpaired) electrons. The van der Waals surface area contributed by atoms with E-state index in [-0.39, 0.29) is 12.5 Å². The maximum Gasteiger partial charge on any atom is 0.0606 e. The molecule has 0 aromatic heterocycles. The zero-order valence-corrected chi connectivity index (χ0v) is 18.7. The van der Waals surface area contributed by atoms with Gasteiger partial charge in [0, 0.05) is 64.8 Å². The van der Waals surface area contributed by atoms with Crippen molar-refractivity contribution in [3.63, 3.8) is 0 Å². The van der Waals surface area contributed by atoms with Crippen molar-refractivity contribution in [1.82, 2.24) is 0 Å². The molecule has 0 spiro atoms. The van der Waals surface area contributed by atoms with E-state index in [0.717, 1.165) is 5.69 Å². The monoisotopic (exact) mass is 403 g/mol. The summed E-state index contributed by atoms with van der Waals surface area (Å²) in [6, 6.07) is 26.3. The van der Waals surface area contributed by atoms with Crippen LogP contribution >= 0.6 is 0 Å². The molecule has 0 fully saturated rings. The van der Waals surface area contributed by atoms with Crippen LogP contribution in [0.25, 0.3) is 0 Å². The van der Waals surface area contributed by atoms with Crippen LogP contribution in [-0.2, 0) is 0 Å². The van der Waals surface area contributed by atoms with Crippen LogP contribution in [0.5, 0.6) is 0 Å². The number of hydrogen-bond donors (Lipinski definition) is 1. The van der Waals surface area contributed by atoms with Crippen molar-refractivity contribution >= 4 is 17.1 Å². The zero-order valence-electron chi connectivity index (χ0n) is 18.7. The molecule has 0 bridgehead atoms. The van der Waals surface area contributed by atoms with E-state index in [4.69, 9.17) is 0 Å². The number of likely N-dealkylation sites (N-methyl/N-ethyl adjacent to an activating group) is 1. The number of benzene rings is 3. The fourth-order valence-electron chi connectivity index (χ4n) is 3.71. The molecule has 0 unspecified atom stereocenters. The molecule has 0 atom stereocenters. The van der Waals surface area contributed by atoms with Crippen molar-refractivity contribution in [2.24, 2.45) is 0 Å². The molecular weight excluding hydrogens is 370 g/mol. The van der Waals surface area contributed by atoms with Crippen molar-refractivity contribution in [2.75, 3.05) is 63.1 Å². The van der Waals surface area contributed by atoms with E-state index >= 15 is 0 Å². The van der Waals surface area contributed by atoms with Gasteiger partial charge in [0.1, 0.15) is 0 Å². The second-order valence-corrected chi connectivity index (χ2v) is 8.14. The Bertz CT molecular complexity index is 865. The van der Waals surface area contributed by atoms with Gasteiger partial charge in [-0.2, -0.15) is 0 Å². The SMILES string of the molecule is CN(C)c1ccc(C(c2ccc(N(C)C)cc2)c2ccc(N(C)CCO)cc2)cc1. The topological polar surface area (TPSA) is 30.0 Å². The molecular formula is C26H33N3O. The maximum absolute atomic E-state index is 9.21. The summed E-state index contributed by atoms with van der Waals surface area (Å²) in [5, 5.41) is 9.21. The molecule has 0 saturated heterocycles. The van der Waals surface area contributed by atoms with E-state index in [9.17, 15) is 5.11 Å². The van der Waals surface area contributed by atoms with Gasteiger partial charge < -0.3 is 19.8 Å². The van der Waals surface area contributed by atoms with Crippen LogP contribution in [0.15, 0.2) is 72.8 Å². The van der Waals surface area contributed by atoms with Gasteiger partial charge in [0.05, 0.1) is 6.61 Å². The lowest BCUT2D eigenvalue weighted by molar-refractivity contribution is 0.304. The number of hydrogen-bond acceptors (Lipinski definition) is 4. The first-order valence-electron chi connectivity index (χ1n) is 10.4. The van der Waals surface area contributed by atoms with Crippen LogP contribution in [0.2, 0.25) is 0 Å². The van der Waals surface area contributed by atoms with Crippen LogP contribution in [0.3, 0.4) is 0 Å². The summed E-state index contributed by atoms with van der Waals surface area (Å²) in [5.74, 6) is 0.162. The smallest absolute Gasteiger partial charge is 0.0606 e. The van der Waals surface area contributed by atoms with Crippen LogP contribution < -0.4 is 14.7 Å². The van der Waals surface area contributed by atoms with Crippen molar-refractivity contribution in [3.05, 3.63) is 89.5 Å². The number of rotatable bonds is 8. The summed E-state index contributed by atoms with van der Waals surface area (Å²) in [4.78, 5) is 6.31. The van der Waals surface area contributed by atoms with Crippen LogP contribution in [0.1, 0.15) is 22.6 Å². The lowest BCUT2D eigenvalue weighted by Gasteiger charge is -2.23. The third-order valence-electron chi connectivity index (χ3n) is 5.59. The van der Waals surface area contributed by atoms with E-state index in [1.165, 1.54) is 28.1 Å². The van der Waals surface area contributed by atoms with Gasteiger partial charge in [-0.1, -0.05) is 36.4 Å². The summed E-state index contributed by atoms with van der Waals surface area (Å²) in [7, 11) is 10.3. The Hall–Kier alpha value is -2.98. The lowest BCUT2D eigenvalue weighted by Crippen LogP contribution is -2.21. The highest BCUT2D eigenvalue weighted by Crippen LogP contribution is 2.34. The number of aliphatic hydroxyl groups excluding tert-OH is 1. The fraction of sp³-hybridized carbons (Fsp3) is 0.308. The number of nitrogens with zero attached hydrogens (tertiary/aromatic N) is 3. The average molecular weight is 404 g/mol. The first-order chi connectivity index (χ1) is 14.4. The summed E-state index contributed by atoms with van der Waals surface area (Å²) >= 11 is 0. The molecule has 3 aromatic carbocycles. The molecule has 1 N–H and O–H groups in total. The molecule has 3 rings (SSSR count). The van der Waals surface area contributed by atoms with Crippen LogP contribution in [-0.4, -0.2) is 53.5 Å². The van der Waals surface area contributed by atoms with E-state index in [0.29, 0.717) is 6.54 Å². The van der Waals surface area contributed by atoms with Gasteiger partial charge in [-0.25, -0.2) is 0 Å². The molecule has 0 aliphatic heterocycles. The molecule has 4 heteroatoms. The van der Waals surface area contributed by atoms with E-state index < -0.39 is 0 Å². The predicted octanol–water partition coefficient (Wildman–Crippen LogP) is 4.43. The molecule has 30 heavy (non-hydrogen) atoms. The number of aliphatic hydroxyl groups is 1. The second kappa shape index (κ2) is 9.68.